The van der Waals surface area contributed by atoms with Gasteiger partial charge < -0.3 is 14.1 Å². The Labute approximate surface area is 159 Å². The molecule has 0 N–H and O–H groups in total. The highest BCUT2D eigenvalue weighted by Crippen LogP contribution is 2.38. The first-order valence-electron chi connectivity index (χ1n) is 8.94. The molecule has 1 aliphatic rings. The molecular weight excluding hydrogens is 374 g/mol. The van der Waals surface area contributed by atoms with Crippen molar-refractivity contribution in [3.8, 4) is 0 Å². The maximum atomic E-state index is 12.5. The Morgan fingerprint density at radius 3 is 1.96 bits per heavy atom. The van der Waals surface area contributed by atoms with Gasteiger partial charge in [-0.25, -0.2) is 4.79 Å². The maximum Gasteiger partial charge on any atom is 0.410 e. The quantitative estimate of drug-likeness (QED) is 0.523. The lowest BCUT2D eigenvalue weighted by Gasteiger charge is -2.44. The summed E-state index contributed by atoms with van der Waals surface area (Å²) < 4.78 is 40.2. The summed E-state index contributed by atoms with van der Waals surface area (Å²) in [6.45, 7) is 16.6. The number of rotatable bonds is 4. The summed E-state index contributed by atoms with van der Waals surface area (Å²) in [5.74, 6) is 0. The van der Waals surface area contributed by atoms with E-state index in [2.05, 4.69) is 33.9 Å². The Morgan fingerprint density at radius 1 is 1.04 bits per heavy atom. The largest absolute Gasteiger partial charge is 0.444 e. The topological polar surface area (TPSA) is 82.1 Å². The van der Waals surface area contributed by atoms with Gasteiger partial charge in [-0.1, -0.05) is 20.8 Å². The molecule has 154 valence electrons. The number of likely N-dealkylation sites (tertiary alicyclic amines) is 1. The van der Waals surface area contributed by atoms with Crippen LogP contribution in [0.2, 0.25) is 18.1 Å². The van der Waals surface area contributed by atoms with Crippen LogP contribution in [0.25, 0.3) is 0 Å². The normalized spacial score (nSPS) is 23.0. The molecule has 0 aromatic rings. The summed E-state index contributed by atoms with van der Waals surface area (Å²) in [4.78, 5) is 14.0. The Morgan fingerprint density at radius 2 is 1.54 bits per heavy atom. The van der Waals surface area contributed by atoms with Crippen molar-refractivity contribution in [3.63, 3.8) is 0 Å². The van der Waals surface area contributed by atoms with E-state index in [0.29, 0.717) is 13.0 Å². The van der Waals surface area contributed by atoms with E-state index in [4.69, 9.17) is 13.3 Å². The second kappa shape index (κ2) is 7.77. The van der Waals surface area contributed by atoms with Crippen LogP contribution in [-0.4, -0.2) is 64.9 Å². The van der Waals surface area contributed by atoms with Gasteiger partial charge in [-0.3, -0.25) is 4.18 Å². The Bertz CT molecular complexity index is 606. The van der Waals surface area contributed by atoms with Crippen molar-refractivity contribution in [2.75, 3.05) is 19.3 Å². The predicted octanol–water partition coefficient (Wildman–Crippen LogP) is 3.36. The molecule has 26 heavy (non-hydrogen) atoms. The fourth-order valence-electron chi connectivity index (χ4n) is 2.48. The van der Waals surface area contributed by atoms with Gasteiger partial charge in [0, 0.05) is 13.0 Å². The maximum absolute atomic E-state index is 12.5. The average Bonchev–Trinajstić information content (AvgIpc) is 2.31. The SMILES string of the molecule is CC(C)(C)OC(=O)N1CC(O[Si](C)(C)C(C)(C)C)C[C@H](OS(C)(=O)=O)C1. The first-order valence-corrected chi connectivity index (χ1v) is 13.7. The van der Waals surface area contributed by atoms with Gasteiger partial charge in [0.15, 0.2) is 8.32 Å². The van der Waals surface area contributed by atoms with Crippen molar-refractivity contribution >= 4 is 24.5 Å². The second-order valence-electron chi connectivity index (χ2n) is 9.54. The third-order valence-corrected chi connectivity index (χ3v) is 9.76. The highest BCUT2D eigenvalue weighted by atomic mass is 32.2. The zero-order valence-corrected chi connectivity index (χ0v) is 19.4. The van der Waals surface area contributed by atoms with Crippen LogP contribution in [-0.2, 0) is 23.5 Å². The number of amides is 1. The van der Waals surface area contributed by atoms with Gasteiger partial charge in [0.1, 0.15) is 5.60 Å². The van der Waals surface area contributed by atoms with E-state index in [1.54, 1.807) is 20.8 Å². The van der Waals surface area contributed by atoms with Crippen LogP contribution < -0.4 is 0 Å². The first kappa shape index (κ1) is 23.4. The van der Waals surface area contributed by atoms with Crippen LogP contribution in [0, 0.1) is 0 Å². The molecule has 1 heterocycles. The third kappa shape index (κ3) is 7.54. The molecule has 7 nitrogen and oxygen atoms in total. The number of hydrogen-bond acceptors (Lipinski definition) is 6. The highest BCUT2D eigenvalue weighted by Gasteiger charge is 2.42. The first-order chi connectivity index (χ1) is 11.4. The van der Waals surface area contributed by atoms with Crippen LogP contribution in [0.4, 0.5) is 4.79 Å². The summed E-state index contributed by atoms with van der Waals surface area (Å²) in [5, 5.41) is 0.00832. The van der Waals surface area contributed by atoms with Crippen molar-refractivity contribution in [2.45, 2.75) is 83.9 Å². The molecule has 1 fully saturated rings. The minimum atomic E-state index is -3.63. The van der Waals surface area contributed by atoms with E-state index in [0.717, 1.165) is 6.26 Å². The number of piperidine rings is 1. The fraction of sp³-hybridized carbons (Fsp3) is 0.941. The third-order valence-electron chi connectivity index (χ3n) is 4.60. The van der Waals surface area contributed by atoms with E-state index in [-0.39, 0.29) is 17.7 Å². The zero-order valence-electron chi connectivity index (χ0n) is 17.6. The molecule has 0 radical (unpaired) electrons. The summed E-state index contributed by atoms with van der Waals surface area (Å²) in [7, 11) is -5.70. The van der Waals surface area contributed by atoms with E-state index in [9.17, 15) is 13.2 Å². The fourth-order valence-corrected chi connectivity index (χ4v) is 4.47. The molecule has 2 atom stereocenters. The zero-order chi connectivity index (χ0) is 20.6. The van der Waals surface area contributed by atoms with E-state index < -0.39 is 36.2 Å². The van der Waals surface area contributed by atoms with E-state index in [1.165, 1.54) is 4.90 Å². The number of carbonyl (C=O) groups excluding carboxylic acids is 1. The molecule has 0 spiro atoms. The van der Waals surface area contributed by atoms with Gasteiger partial charge in [0.05, 0.1) is 25.0 Å². The molecular formula is C17H35NO6SSi. The number of carbonyl (C=O) groups is 1. The van der Waals surface area contributed by atoms with E-state index in [1.807, 2.05) is 0 Å². The van der Waals surface area contributed by atoms with Gasteiger partial charge in [0.25, 0.3) is 10.1 Å². The minimum Gasteiger partial charge on any atom is -0.444 e. The Kier molecular flexibility index (Phi) is 6.99. The lowest BCUT2D eigenvalue weighted by Crippen LogP contribution is -2.55. The van der Waals surface area contributed by atoms with Crippen molar-refractivity contribution in [1.82, 2.24) is 4.90 Å². The molecule has 1 unspecified atom stereocenters. The molecule has 1 amide bonds. The molecule has 0 aromatic carbocycles. The lowest BCUT2D eigenvalue weighted by atomic mass is 10.1. The van der Waals surface area contributed by atoms with Crippen molar-refractivity contribution in [2.24, 2.45) is 0 Å². The van der Waals surface area contributed by atoms with Gasteiger partial charge in [-0.15, -0.1) is 0 Å². The standard InChI is InChI=1S/C17H35NO6SSi/c1-16(2,3)22-15(19)18-11-13(23-25(7,20)21)10-14(12-18)24-26(8,9)17(4,5)6/h13-14H,10-12H2,1-9H3/t13-,14?/m0/s1. The number of hydrogen-bond donors (Lipinski definition) is 0. The number of nitrogens with zero attached hydrogens (tertiary/aromatic N) is 1. The molecule has 1 rings (SSSR count). The summed E-state index contributed by atoms with van der Waals surface area (Å²) in [6, 6.07) is 0. The van der Waals surface area contributed by atoms with Crippen LogP contribution in [0.15, 0.2) is 0 Å². The number of ether oxygens (including phenoxy) is 1. The van der Waals surface area contributed by atoms with Crippen LogP contribution in [0.1, 0.15) is 48.0 Å². The molecule has 0 aliphatic carbocycles. The molecule has 0 bridgehead atoms. The highest BCUT2D eigenvalue weighted by molar-refractivity contribution is 7.86. The summed E-state index contributed by atoms with van der Waals surface area (Å²) in [6.07, 6.45) is 0.0372. The smallest absolute Gasteiger partial charge is 0.410 e. The molecule has 0 saturated carbocycles. The van der Waals surface area contributed by atoms with Crippen LogP contribution in [0.5, 0.6) is 0 Å². The average molecular weight is 410 g/mol. The van der Waals surface area contributed by atoms with Gasteiger partial charge in [-0.05, 0) is 38.9 Å². The second-order valence-corrected chi connectivity index (χ2v) is 15.9. The van der Waals surface area contributed by atoms with E-state index >= 15 is 0 Å². The van der Waals surface area contributed by atoms with Gasteiger partial charge >= 0.3 is 6.09 Å². The van der Waals surface area contributed by atoms with Crippen molar-refractivity contribution in [1.29, 1.82) is 0 Å². The molecule has 1 saturated heterocycles. The monoisotopic (exact) mass is 409 g/mol. The summed E-state index contributed by atoms with van der Waals surface area (Å²) >= 11 is 0. The lowest BCUT2D eigenvalue weighted by molar-refractivity contribution is -0.0188. The Balaban J connectivity index is 2.98. The molecule has 1 aliphatic heterocycles. The molecule has 0 aromatic heterocycles. The summed E-state index contributed by atoms with van der Waals surface area (Å²) in [5.41, 5.74) is -0.627. The predicted molar refractivity (Wildman–Crippen MR) is 104 cm³/mol. The van der Waals surface area contributed by atoms with Crippen molar-refractivity contribution in [3.05, 3.63) is 0 Å². The van der Waals surface area contributed by atoms with Crippen LogP contribution >= 0.6 is 0 Å². The Hall–Kier alpha value is -0.643. The van der Waals surface area contributed by atoms with Gasteiger partial charge in [-0.2, -0.15) is 8.42 Å². The minimum absolute atomic E-state index is 0.00832. The molecule has 9 heteroatoms. The van der Waals surface area contributed by atoms with Gasteiger partial charge in [0.2, 0.25) is 0 Å². The van der Waals surface area contributed by atoms with Crippen LogP contribution in [0.3, 0.4) is 0 Å². The van der Waals surface area contributed by atoms with Crippen molar-refractivity contribution < 1.29 is 26.6 Å².